The molecule has 2 aromatic rings. The number of benzene rings is 2. The first-order valence-corrected chi connectivity index (χ1v) is 6.34. The van der Waals surface area contributed by atoms with Crippen LogP contribution in [0, 0.1) is 0 Å². The van der Waals surface area contributed by atoms with Crippen LogP contribution in [0.5, 0.6) is 0 Å². The van der Waals surface area contributed by atoms with E-state index in [0.717, 1.165) is 22.1 Å². The Morgan fingerprint density at radius 1 is 1.22 bits per heavy atom. The standard InChI is InChI=1S/C13H10BrClN2O/c14-9-2-4-13(12(16)5-9)17-10-3-1-8(7-18)11(15)6-10/h1-7,17H,16H2. The number of rotatable bonds is 3. The summed E-state index contributed by atoms with van der Waals surface area (Å²) in [7, 11) is 0. The van der Waals surface area contributed by atoms with Gasteiger partial charge in [0.15, 0.2) is 6.29 Å². The van der Waals surface area contributed by atoms with Crippen molar-refractivity contribution in [2.45, 2.75) is 0 Å². The minimum Gasteiger partial charge on any atom is -0.397 e. The lowest BCUT2D eigenvalue weighted by molar-refractivity contribution is 0.112. The minimum atomic E-state index is 0.408. The van der Waals surface area contributed by atoms with Crippen LogP contribution in [0.2, 0.25) is 5.02 Å². The summed E-state index contributed by atoms with van der Waals surface area (Å²) in [5.41, 5.74) is 8.53. The highest BCUT2D eigenvalue weighted by atomic mass is 79.9. The Balaban J connectivity index is 2.28. The van der Waals surface area contributed by atoms with Crippen molar-refractivity contribution in [3.05, 3.63) is 51.5 Å². The minimum absolute atomic E-state index is 0.408. The van der Waals surface area contributed by atoms with E-state index in [2.05, 4.69) is 21.2 Å². The molecule has 2 rings (SSSR count). The zero-order valence-electron chi connectivity index (χ0n) is 9.28. The Morgan fingerprint density at radius 3 is 2.61 bits per heavy atom. The normalized spacial score (nSPS) is 10.1. The molecule has 0 saturated heterocycles. The third kappa shape index (κ3) is 2.83. The van der Waals surface area contributed by atoms with Crippen LogP contribution < -0.4 is 11.1 Å². The highest BCUT2D eigenvalue weighted by Gasteiger charge is 2.03. The molecule has 5 heteroatoms. The number of halogens is 2. The number of anilines is 3. The van der Waals surface area contributed by atoms with Crippen molar-refractivity contribution in [2.24, 2.45) is 0 Å². The van der Waals surface area contributed by atoms with Crippen LogP contribution in [-0.2, 0) is 0 Å². The second kappa shape index (κ2) is 5.42. The van der Waals surface area contributed by atoms with Gasteiger partial charge in [0.1, 0.15) is 0 Å². The molecule has 18 heavy (non-hydrogen) atoms. The predicted octanol–water partition coefficient (Wildman–Crippen LogP) is 4.24. The second-order valence-corrected chi connectivity index (χ2v) is 5.03. The molecule has 0 aliphatic heterocycles. The quantitative estimate of drug-likeness (QED) is 0.655. The van der Waals surface area contributed by atoms with Crippen molar-refractivity contribution >= 4 is 50.9 Å². The van der Waals surface area contributed by atoms with E-state index in [-0.39, 0.29) is 0 Å². The molecule has 0 spiro atoms. The number of hydrogen-bond acceptors (Lipinski definition) is 3. The monoisotopic (exact) mass is 324 g/mol. The Bertz CT molecular complexity index is 602. The molecule has 3 nitrogen and oxygen atoms in total. The lowest BCUT2D eigenvalue weighted by Crippen LogP contribution is -1.96. The maximum Gasteiger partial charge on any atom is 0.151 e. The van der Waals surface area contributed by atoms with Crippen molar-refractivity contribution in [1.82, 2.24) is 0 Å². The number of nitrogen functional groups attached to an aromatic ring is 1. The molecule has 0 aliphatic carbocycles. The van der Waals surface area contributed by atoms with E-state index in [1.54, 1.807) is 18.2 Å². The van der Waals surface area contributed by atoms with E-state index in [1.807, 2.05) is 18.2 Å². The van der Waals surface area contributed by atoms with Gasteiger partial charge in [0, 0.05) is 15.7 Å². The molecule has 2 aromatic carbocycles. The molecule has 0 heterocycles. The third-order valence-corrected chi connectivity index (χ3v) is 3.24. The summed E-state index contributed by atoms with van der Waals surface area (Å²) in [5.74, 6) is 0. The Labute approximate surface area is 118 Å². The van der Waals surface area contributed by atoms with Crippen LogP contribution in [0.15, 0.2) is 40.9 Å². The number of hydrogen-bond donors (Lipinski definition) is 2. The molecule has 0 atom stereocenters. The topological polar surface area (TPSA) is 55.1 Å². The smallest absolute Gasteiger partial charge is 0.151 e. The lowest BCUT2D eigenvalue weighted by atomic mass is 10.2. The zero-order valence-corrected chi connectivity index (χ0v) is 11.6. The average molecular weight is 326 g/mol. The van der Waals surface area contributed by atoms with Crippen LogP contribution in [-0.4, -0.2) is 6.29 Å². The van der Waals surface area contributed by atoms with E-state index in [4.69, 9.17) is 17.3 Å². The average Bonchev–Trinajstić information content (AvgIpc) is 2.33. The van der Waals surface area contributed by atoms with Gasteiger partial charge in [0.25, 0.3) is 0 Å². The van der Waals surface area contributed by atoms with Gasteiger partial charge in [-0.1, -0.05) is 27.5 Å². The van der Waals surface area contributed by atoms with E-state index < -0.39 is 0 Å². The van der Waals surface area contributed by atoms with Gasteiger partial charge in [-0.3, -0.25) is 4.79 Å². The van der Waals surface area contributed by atoms with Gasteiger partial charge in [0.2, 0.25) is 0 Å². The molecular formula is C13H10BrClN2O. The first kappa shape index (κ1) is 12.9. The molecule has 3 N–H and O–H groups in total. The fraction of sp³-hybridized carbons (Fsp3) is 0. The second-order valence-electron chi connectivity index (χ2n) is 3.71. The number of carbonyl (C=O) groups is 1. The van der Waals surface area contributed by atoms with Crippen molar-refractivity contribution in [2.75, 3.05) is 11.1 Å². The van der Waals surface area contributed by atoms with E-state index in [1.165, 1.54) is 0 Å². The van der Waals surface area contributed by atoms with Crippen LogP contribution in [0.3, 0.4) is 0 Å². The van der Waals surface area contributed by atoms with Gasteiger partial charge in [-0.25, -0.2) is 0 Å². The van der Waals surface area contributed by atoms with Gasteiger partial charge < -0.3 is 11.1 Å². The van der Waals surface area contributed by atoms with Crippen molar-refractivity contribution < 1.29 is 4.79 Å². The lowest BCUT2D eigenvalue weighted by Gasteiger charge is -2.10. The van der Waals surface area contributed by atoms with E-state index in [0.29, 0.717) is 16.3 Å². The number of nitrogens with one attached hydrogen (secondary N) is 1. The molecule has 0 amide bonds. The highest BCUT2D eigenvalue weighted by Crippen LogP contribution is 2.28. The number of carbonyl (C=O) groups excluding carboxylic acids is 1. The zero-order chi connectivity index (χ0) is 13.1. The van der Waals surface area contributed by atoms with Gasteiger partial charge >= 0.3 is 0 Å². The first-order chi connectivity index (χ1) is 8.60. The number of aldehydes is 1. The van der Waals surface area contributed by atoms with Gasteiger partial charge in [-0.15, -0.1) is 0 Å². The van der Waals surface area contributed by atoms with Crippen LogP contribution in [0.1, 0.15) is 10.4 Å². The molecule has 0 aliphatic rings. The molecule has 0 fully saturated rings. The fourth-order valence-electron chi connectivity index (χ4n) is 1.50. The summed E-state index contributed by atoms with van der Waals surface area (Å²) in [6.45, 7) is 0. The largest absolute Gasteiger partial charge is 0.397 e. The van der Waals surface area contributed by atoms with Crippen LogP contribution in [0.25, 0.3) is 0 Å². The van der Waals surface area contributed by atoms with Crippen molar-refractivity contribution in [3.63, 3.8) is 0 Å². The van der Waals surface area contributed by atoms with E-state index in [9.17, 15) is 4.79 Å². The molecule has 92 valence electrons. The Morgan fingerprint density at radius 2 is 2.00 bits per heavy atom. The maximum absolute atomic E-state index is 10.7. The third-order valence-electron chi connectivity index (χ3n) is 2.42. The van der Waals surface area contributed by atoms with Gasteiger partial charge in [-0.05, 0) is 36.4 Å². The van der Waals surface area contributed by atoms with Crippen LogP contribution in [0.4, 0.5) is 17.1 Å². The highest BCUT2D eigenvalue weighted by molar-refractivity contribution is 9.10. The van der Waals surface area contributed by atoms with Crippen molar-refractivity contribution in [3.8, 4) is 0 Å². The molecule has 0 saturated carbocycles. The summed E-state index contributed by atoms with van der Waals surface area (Å²) >= 11 is 9.30. The maximum atomic E-state index is 10.7. The summed E-state index contributed by atoms with van der Waals surface area (Å²) in [6.07, 6.45) is 0.722. The Hall–Kier alpha value is -1.52. The summed E-state index contributed by atoms with van der Waals surface area (Å²) in [5, 5.41) is 3.55. The molecule has 0 unspecified atom stereocenters. The summed E-state index contributed by atoms with van der Waals surface area (Å²) < 4.78 is 0.917. The van der Waals surface area contributed by atoms with E-state index >= 15 is 0 Å². The van der Waals surface area contributed by atoms with Crippen molar-refractivity contribution in [1.29, 1.82) is 0 Å². The summed E-state index contributed by atoms with van der Waals surface area (Å²) in [6, 6.07) is 10.7. The molecule has 0 radical (unpaired) electrons. The summed E-state index contributed by atoms with van der Waals surface area (Å²) in [4.78, 5) is 10.7. The molecule has 0 bridgehead atoms. The first-order valence-electron chi connectivity index (χ1n) is 5.17. The molecular weight excluding hydrogens is 316 g/mol. The predicted molar refractivity (Wildman–Crippen MR) is 78.7 cm³/mol. The number of nitrogens with two attached hydrogens (primary N) is 1. The molecule has 0 aromatic heterocycles. The SMILES string of the molecule is Nc1cc(Br)ccc1Nc1ccc(C=O)c(Cl)c1. The fourth-order valence-corrected chi connectivity index (χ4v) is 2.11. The Kier molecular flexibility index (Phi) is 3.89. The van der Waals surface area contributed by atoms with Gasteiger partial charge in [-0.2, -0.15) is 0 Å². The van der Waals surface area contributed by atoms with Crippen LogP contribution >= 0.6 is 27.5 Å². The van der Waals surface area contributed by atoms with Gasteiger partial charge in [0.05, 0.1) is 16.4 Å².